The van der Waals surface area contributed by atoms with Gasteiger partial charge in [0.2, 0.25) is 0 Å². The summed E-state index contributed by atoms with van der Waals surface area (Å²) in [5.41, 5.74) is 15.4. The van der Waals surface area contributed by atoms with Gasteiger partial charge in [-0.25, -0.2) is 20.8 Å². The van der Waals surface area contributed by atoms with Gasteiger partial charge >= 0.3 is 0 Å². The second kappa shape index (κ2) is 8.52. The monoisotopic (exact) mass is 354 g/mol. The molecule has 1 aromatic carbocycles. The fraction of sp³-hybridized carbons (Fsp3) is 0.444. The Morgan fingerprint density at radius 2 is 1.81 bits per heavy atom. The van der Waals surface area contributed by atoms with Gasteiger partial charge in [-0.15, -0.1) is 0 Å². The number of nitrogens with one attached hydrogen (secondary N) is 6. The van der Waals surface area contributed by atoms with Crippen LogP contribution in [0, 0.1) is 0 Å². The van der Waals surface area contributed by atoms with Gasteiger partial charge in [0.05, 0.1) is 11.9 Å². The summed E-state index contributed by atoms with van der Waals surface area (Å²) in [5, 5.41) is 7.02. The number of hydrazine groups is 3. The predicted octanol–water partition coefficient (Wildman–Crippen LogP) is 0.467. The molecule has 138 valence electrons. The molecular formula is C18H26N8. The van der Waals surface area contributed by atoms with Crippen LogP contribution in [0.15, 0.2) is 30.3 Å². The van der Waals surface area contributed by atoms with Gasteiger partial charge in [0, 0.05) is 30.6 Å². The average molecular weight is 354 g/mol. The molecule has 1 fully saturated rings. The van der Waals surface area contributed by atoms with E-state index in [2.05, 4.69) is 44.7 Å². The Kier molecular flexibility index (Phi) is 5.68. The maximum atomic E-state index is 4.87. The van der Waals surface area contributed by atoms with E-state index in [0.29, 0.717) is 0 Å². The summed E-state index contributed by atoms with van der Waals surface area (Å²) in [4.78, 5) is 9.73. The van der Waals surface area contributed by atoms with E-state index in [9.17, 15) is 0 Å². The summed E-state index contributed by atoms with van der Waals surface area (Å²) in [6.45, 7) is 2.82. The maximum absolute atomic E-state index is 4.87. The zero-order valence-corrected chi connectivity index (χ0v) is 14.8. The Morgan fingerprint density at radius 3 is 2.65 bits per heavy atom. The van der Waals surface area contributed by atoms with Crippen molar-refractivity contribution < 1.29 is 0 Å². The van der Waals surface area contributed by atoms with E-state index in [1.54, 1.807) is 0 Å². The van der Waals surface area contributed by atoms with Gasteiger partial charge in [-0.2, -0.15) is 11.1 Å². The summed E-state index contributed by atoms with van der Waals surface area (Å²) >= 11 is 0. The van der Waals surface area contributed by atoms with Crippen molar-refractivity contribution in [2.75, 3.05) is 25.0 Å². The fourth-order valence-corrected chi connectivity index (χ4v) is 3.35. The van der Waals surface area contributed by atoms with Gasteiger partial charge in [-0.3, -0.25) is 0 Å². The van der Waals surface area contributed by atoms with Crippen LogP contribution in [0.4, 0.5) is 5.82 Å². The molecule has 0 amide bonds. The van der Waals surface area contributed by atoms with E-state index < -0.39 is 0 Å². The molecule has 8 heteroatoms. The molecule has 0 aliphatic carbocycles. The Morgan fingerprint density at radius 1 is 1.00 bits per heavy atom. The predicted molar refractivity (Wildman–Crippen MR) is 102 cm³/mol. The minimum absolute atomic E-state index is 0.239. The van der Waals surface area contributed by atoms with E-state index in [1.165, 1.54) is 11.3 Å². The van der Waals surface area contributed by atoms with Crippen LogP contribution in [-0.4, -0.2) is 35.8 Å². The van der Waals surface area contributed by atoms with Crippen molar-refractivity contribution in [1.29, 1.82) is 0 Å². The van der Waals surface area contributed by atoms with Crippen molar-refractivity contribution in [1.82, 2.24) is 37.2 Å². The number of aromatic nitrogens is 2. The molecule has 4 rings (SSSR count). The molecule has 1 saturated heterocycles. The highest BCUT2D eigenvalue weighted by Gasteiger charge is 2.17. The molecule has 0 saturated carbocycles. The van der Waals surface area contributed by atoms with Crippen molar-refractivity contribution in [3.05, 3.63) is 41.6 Å². The lowest BCUT2D eigenvalue weighted by molar-refractivity contribution is 0.479. The van der Waals surface area contributed by atoms with E-state index in [0.717, 1.165) is 62.5 Å². The molecule has 0 unspecified atom stereocenters. The molecule has 0 bridgehead atoms. The molecule has 0 spiro atoms. The first-order valence-electron chi connectivity index (χ1n) is 9.31. The number of hydrogen-bond acceptors (Lipinski definition) is 8. The largest absolute Gasteiger partial charge is 0.370 e. The van der Waals surface area contributed by atoms with Crippen LogP contribution < -0.4 is 32.6 Å². The van der Waals surface area contributed by atoms with Gasteiger partial charge < -0.3 is 10.6 Å². The first kappa shape index (κ1) is 17.3. The van der Waals surface area contributed by atoms with E-state index in [-0.39, 0.29) is 6.17 Å². The molecule has 2 aliphatic rings. The van der Waals surface area contributed by atoms with Gasteiger partial charge in [-0.1, -0.05) is 30.3 Å². The van der Waals surface area contributed by atoms with Crippen LogP contribution in [0.25, 0.3) is 11.4 Å². The summed E-state index contributed by atoms with van der Waals surface area (Å²) < 4.78 is 0. The number of fused-ring (bicyclic) bond motifs is 1. The van der Waals surface area contributed by atoms with Crippen LogP contribution in [0.1, 0.15) is 24.1 Å². The first-order chi connectivity index (χ1) is 12.9. The quantitative estimate of drug-likeness (QED) is 0.417. The molecule has 1 aromatic heterocycles. The number of anilines is 1. The third kappa shape index (κ3) is 4.17. The van der Waals surface area contributed by atoms with Crippen molar-refractivity contribution in [3.63, 3.8) is 0 Å². The molecule has 3 heterocycles. The summed E-state index contributed by atoms with van der Waals surface area (Å²) in [5.74, 6) is 1.79. The molecule has 26 heavy (non-hydrogen) atoms. The van der Waals surface area contributed by atoms with Crippen molar-refractivity contribution in [2.45, 2.75) is 31.8 Å². The second-order valence-electron chi connectivity index (χ2n) is 6.60. The lowest BCUT2D eigenvalue weighted by Gasteiger charge is -2.15. The Labute approximate surface area is 153 Å². The van der Waals surface area contributed by atoms with E-state index in [4.69, 9.17) is 9.97 Å². The Hall–Kier alpha value is -2.10. The zero-order chi connectivity index (χ0) is 17.6. The van der Waals surface area contributed by atoms with Gasteiger partial charge in [-0.05, 0) is 25.8 Å². The van der Waals surface area contributed by atoms with Gasteiger partial charge in [0.25, 0.3) is 0 Å². The number of hydrogen-bond donors (Lipinski definition) is 6. The fourth-order valence-electron chi connectivity index (χ4n) is 3.35. The third-order valence-corrected chi connectivity index (χ3v) is 4.73. The Balaban J connectivity index is 1.51. The molecule has 0 radical (unpaired) electrons. The first-order valence-corrected chi connectivity index (χ1v) is 9.31. The average Bonchev–Trinajstić information content (AvgIpc) is 3.09. The molecular weight excluding hydrogens is 328 g/mol. The lowest BCUT2D eigenvalue weighted by atomic mass is 10.1. The van der Waals surface area contributed by atoms with Gasteiger partial charge in [0.1, 0.15) is 5.82 Å². The van der Waals surface area contributed by atoms with Crippen molar-refractivity contribution in [3.8, 4) is 11.4 Å². The standard InChI is InChI=1S/C18H26N8/c1-2-5-13(6-3-1)17-21-15-9-12-19-11-8-14(15)18(22-17)20-10-4-7-16-23-25-26-24-16/h1-3,5-6,16,19,23-26H,4,7-12H2,(H,20,21,22). The molecule has 0 atom stereocenters. The smallest absolute Gasteiger partial charge is 0.161 e. The SMILES string of the molecule is c1ccc(-c2nc3c(c(NCCCC4NNNN4)n2)CCNCC3)cc1. The minimum atomic E-state index is 0.239. The summed E-state index contributed by atoms with van der Waals surface area (Å²) in [6, 6.07) is 10.2. The summed E-state index contributed by atoms with van der Waals surface area (Å²) in [7, 11) is 0. The molecule has 2 aliphatic heterocycles. The molecule has 8 nitrogen and oxygen atoms in total. The number of rotatable bonds is 6. The maximum Gasteiger partial charge on any atom is 0.161 e. The van der Waals surface area contributed by atoms with E-state index >= 15 is 0 Å². The van der Waals surface area contributed by atoms with E-state index in [1.807, 2.05) is 18.2 Å². The number of nitrogens with zero attached hydrogens (tertiary/aromatic N) is 2. The minimum Gasteiger partial charge on any atom is -0.370 e. The second-order valence-corrected chi connectivity index (χ2v) is 6.60. The van der Waals surface area contributed by atoms with Crippen LogP contribution in [0.5, 0.6) is 0 Å². The molecule has 2 aromatic rings. The number of benzene rings is 1. The van der Waals surface area contributed by atoms with Gasteiger partial charge in [0.15, 0.2) is 5.82 Å². The highest BCUT2D eigenvalue weighted by atomic mass is 15.8. The van der Waals surface area contributed by atoms with Crippen molar-refractivity contribution >= 4 is 5.82 Å². The van der Waals surface area contributed by atoms with Crippen molar-refractivity contribution in [2.24, 2.45) is 0 Å². The highest BCUT2D eigenvalue weighted by Crippen LogP contribution is 2.24. The van der Waals surface area contributed by atoms with Crippen LogP contribution in [-0.2, 0) is 12.8 Å². The third-order valence-electron chi connectivity index (χ3n) is 4.73. The van der Waals surface area contributed by atoms with Crippen LogP contribution in [0.3, 0.4) is 0 Å². The van der Waals surface area contributed by atoms with Crippen LogP contribution in [0.2, 0.25) is 0 Å². The zero-order valence-electron chi connectivity index (χ0n) is 14.8. The van der Waals surface area contributed by atoms with Crippen LogP contribution >= 0.6 is 0 Å². The lowest BCUT2D eigenvalue weighted by Crippen LogP contribution is -2.33. The highest BCUT2D eigenvalue weighted by molar-refractivity contribution is 5.60. The summed E-state index contributed by atoms with van der Waals surface area (Å²) in [6.07, 6.45) is 4.19. The normalized spacial score (nSPS) is 17.7. The molecule has 6 N–H and O–H groups in total. The topological polar surface area (TPSA) is 98.0 Å². The Bertz CT molecular complexity index is 715.